The first-order valence-electron chi connectivity index (χ1n) is 7.01. The number of benzene rings is 2. The smallest absolute Gasteiger partial charge is 0.481 e. The molecule has 0 fully saturated rings. The Labute approximate surface area is 142 Å². The van der Waals surface area contributed by atoms with Gasteiger partial charge < -0.3 is 14.9 Å². The Morgan fingerprint density at radius 2 is 1.83 bits per heavy atom. The predicted molar refractivity (Wildman–Crippen MR) is 88.2 cm³/mol. The number of carboxylic acids is 1. The third kappa shape index (κ3) is 3.63. The van der Waals surface area contributed by atoms with Gasteiger partial charge in [0.05, 0.1) is 11.4 Å². The second-order valence-electron chi connectivity index (χ2n) is 5.09. The minimum Gasteiger partial charge on any atom is -0.481 e. The molecule has 2 aromatic rings. The van der Waals surface area contributed by atoms with Crippen LogP contribution < -0.4 is 5.06 Å². The Balaban J connectivity index is 2.11. The fourth-order valence-corrected chi connectivity index (χ4v) is 3.94. The number of aliphatic carboxylic acids is 1. The lowest BCUT2D eigenvalue weighted by molar-refractivity contribution is -0.136. The third-order valence-electron chi connectivity index (χ3n) is 3.39. The van der Waals surface area contributed by atoms with E-state index in [1.54, 1.807) is 30.3 Å². The molecule has 0 radical (unpaired) electrons. The SMILES string of the molecule is O=C(O)CCc1cccc2c1N(OP(=O)(O)O)c1ccccc1S2. The maximum atomic E-state index is 11.4. The highest BCUT2D eigenvalue weighted by Gasteiger charge is 2.31. The lowest BCUT2D eigenvalue weighted by Gasteiger charge is -2.32. The van der Waals surface area contributed by atoms with Crippen LogP contribution in [0, 0.1) is 0 Å². The largest absolute Gasteiger partial charge is 0.491 e. The molecule has 1 heterocycles. The number of carboxylic acid groups (broad SMARTS) is 1. The summed E-state index contributed by atoms with van der Waals surface area (Å²) in [5, 5.41) is 10.0. The van der Waals surface area contributed by atoms with E-state index in [4.69, 9.17) is 9.73 Å². The summed E-state index contributed by atoms with van der Waals surface area (Å²) in [5.41, 5.74) is 1.61. The Kier molecular flexibility index (Phi) is 4.67. The van der Waals surface area contributed by atoms with Gasteiger partial charge in [-0.1, -0.05) is 36.0 Å². The summed E-state index contributed by atoms with van der Waals surface area (Å²) in [6.07, 6.45) is 0.134. The monoisotopic (exact) mass is 367 g/mol. The molecule has 9 heteroatoms. The van der Waals surface area contributed by atoms with Crippen molar-refractivity contribution < 1.29 is 28.9 Å². The molecule has 3 N–H and O–H groups in total. The van der Waals surface area contributed by atoms with Crippen molar-refractivity contribution in [2.75, 3.05) is 5.06 Å². The lowest BCUT2D eigenvalue weighted by atomic mass is 10.1. The van der Waals surface area contributed by atoms with Crippen molar-refractivity contribution in [3.63, 3.8) is 0 Å². The second kappa shape index (κ2) is 6.58. The Morgan fingerprint density at radius 3 is 2.54 bits per heavy atom. The molecule has 0 unspecified atom stereocenters. The van der Waals surface area contributed by atoms with Crippen LogP contribution >= 0.6 is 19.6 Å². The molecule has 1 aliphatic rings. The molecule has 0 amide bonds. The van der Waals surface area contributed by atoms with Gasteiger partial charge in [0.2, 0.25) is 0 Å². The zero-order valence-corrected chi connectivity index (χ0v) is 14.0. The van der Waals surface area contributed by atoms with Gasteiger partial charge >= 0.3 is 13.8 Å². The molecule has 0 aromatic heterocycles. The van der Waals surface area contributed by atoms with Gasteiger partial charge in [-0.05, 0) is 30.2 Å². The van der Waals surface area contributed by atoms with Gasteiger partial charge in [-0.15, -0.1) is 0 Å². The molecule has 3 rings (SSSR count). The van der Waals surface area contributed by atoms with E-state index < -0.39 is 13.8 Å². The highest BCUT2D eigenvalue weighted by molar-refractivity contribution is 7.99. The summed E-state index contributed by atoms with van der Waals surface area (Å²) in [5.74, 6) is -0.945. The van der Waals surface area contributed by atoms with Crippen LogP contribution in [0.2, 0.25) is 0 Å². The van der Waals surface area contributed by atoms with Crippen LogP contribution in [0.4, 0.5) is 11.4 Å². The van der Waals surface area contributed by atoms with Crippen LogP contribution in [0.15, 0.2) is 52.3 Å². The molecular formula is C15H14NO6PS. The summed E-state index contributed by atoms with van der Waals surface area (Å²) in [6, 6.07) is 12.4. The van der Waals surface area contributed by atoms with Crippen LogP contribution in [0.5, 0.6) is 0 Å². The van der Waals surface area contributed by atoms with Gasteiger partial charge in [0.15, 0.2) is 0 Å². The summed E-state index contributed by atoms with van der Waals surface area (Å²) in [6.45, 7) is 0. The molecule has 2 aromatic carbocycles. The quantitative estimate of drug-likeness (QED) is 0.691. The molecule has 0 spiro atoms. The van der Waals surface area contributed by atoms with Crippen molar-refractivity contribution in [2.45, 2.75) is 22.6 Å². The molecule has 7 nitrogen and oxygen atoms in total. The van der Waals surface area contributed by atoms with E-state index in [1.165, 1.54) is 11.8 Å². The summed E-state index contributed by atoms with van der Waals surface area (Å²) < 4.78 is 16.3. The van der Waals surface area contributed by atoms with E-state index >= 15 is 0 Å². The molecular weight excluding hydrogens is 353 g/mol. The van der Waals surface area contributed by atoms with Gasteiger partial charge in [0.25, 0.3) is 0 Å². The fourth-order valence-electron chi connectivity index (χ4n) is 2.47. The van der Waals surface area contributed by atoms with Gasteiger partial charge in [-0.3, -0.25) is 4.79 Å². The summed E-state index contributed by atoms with van der Waals surface area (Å²) in [7, 11) is -4.80. The van der Waals surface area contributed by atoms with Crippen molar-refractivity contribution in [3.05, 3.63) is 48.0 Å². The second-order valence-corrected chi connectivity index (χ2v) is 7.32. The third-order valence-corrected chi connectivity index (χ3v) is 4.88. The summed E-state index contributed by atoms with van der Waals surface area (Å²) in [4.78, 5) is 31.0. The first kappa shape index (κ1) is 17.0. The Morgan fingerprint density at radius 1 is 1.12 bits per heavy atom. The number of rotatable bonds is 5. The molecule has 1 aliphatic heterocycles. The normalized spacial score (nSPS) is 13.3. The molecule has 0 saturated heterocycles. The van der Waals surface area contributed by atoms with Crippen molar-refractivity contribution in [3.8, 4) is 0 Å². The zero-order chi connectivity index (χ0) is 17.3. The van der Waals surface area contributed by atoms with E-state index in [0.29, 0.717) is 16.9 Å². The van der Waals surface area contributed by atoms with E-state index in [-0.39, 0.29) is 12.8 Å². The molecule has 0 atom stereocenters. The van der Waals surface area contributed by atoms with Crippen LogP contribution in [0.25, 0.3) is 0 Å². The average molecular weight is 367 g/mol. The van der Waals surface area contributed by atoms with Crippen molar-refractivity contribution in [2.24, 2.45) is 0 Å². The van der Waals surface area contributed by atoms with E-state index in [2.05, 4.69) is 0 Å². The number of hydrogen-bond donors (Lipinski definition) is 3. The highest BCUT2D eigenvalue weighted by Crippen LogP contribution is 2.53. The first-order valence-corrected chi connectivity index (χ1v) is 9.36. The van der Waals surface area contributed by atoms with Gasteiger partial charge in [0.1, 0.15) is 0 Å². The van der Waals surface area contributed by atoms with Gasteiger partial charge in [-0.25, -0.2) is 9.63 Å². The number of aryl methyl sites for hydroxylation is 1. The molecule has 0 bridgehead atoms. The van der Waals surface area contributed by atoms with E-state index in [1.807, 2.05) is 12.1 Å². The maximum absolute atomic E-state index is 11.4. The minimum atomic E-state index is -4.80. The Bertz CT molecular complexity index is 836. The lowest BCUT2D eigenvalue weighted by Crippen LogP contribution is -2.21. The average Bonchev–Trinajstić information content (AvgIpc) is 2.51. The van der Waals surface area contributed by atoms with E-state index in [9.17, 15) is 19.1 Å². The van der Waals surface area contributed by atoms with Crippen LogP contribution in [-0.2, 0) is 20.4 Å². The Hall–Kier alpha value is -1.83. The number of nitrogens with zero attached hydrogens (tertiary/aromatic N) is 1. The predicted octanol–water partition coefficient (Wildman–Crippen LogP) is 3.33. The topological polar surface area (TPSA) is 107 Å². The number of para-hydroxylation sites is 2. The molecule has 126 valence electrons. The van der Waals surface area contributed by atoms with Crippen molar-refractivity contribution in [1.29, 1.82) is 0 Å². The highest BCUT2D eigenvalue weighted by atomic mass is 32.2. The first-order chi connectivity index (χ1) is 11.3. The standard InChI is InChI=1S/C15H14NO6PS/c17-14(18)9-8-10-4-3-7-13-15(10)16(22-23(19,20)21)11-5-1-2-6-12(11)24-13/h1-7H,8-9H2,(H,17,18)(H2,19,20,21). The van der Waals surface area contributed by atoms with Crippen molar-refractivity contribution >= 4 is 36.9 Å². The molecule has 0 aliphatic carbocycles. The summed E-state index contributed by atoms with van der Waals surface area (Å²) >= 11 is 1.44. The van der Waals surface area contributed by atoms with Crippen LogP contribution in [0.1, 0.15) is 12.0 Å². The van der Waals surface area contributed by atoms with Gasteiger partial charge in [0, 0.05) is 16.2 Å². The van der Waals surface area contributed by atoms with E-state index in [0.717, 1.165) is 14.9 Å². The van der Waals surface area contributed by atoms with Crippen LogP contribution in [0.3, 0.4) is 0 Å². The van der Waals surface area contributed by atoms with Crippen molar-refractivity contribution in [1.82, 2.24) is 0 Å². The molecule has 0 saturated carbocycles. The van der Waals surface area contributed by atoms with Crippen LogP contribution in [-0.4, -0.2) is 20.9 Å². The fraction of sp³-hybridized carbons (Fsp3) is 0.133. The number of carbonyl (C=O) groups is 1. The molecule has 24 heavy (non-hydrogen) atoms. The number of anilines is 2. The number of fused-ring (bicyclic) bond motifs is 2. The number of phosphoric acid groups is 1. The zero-order valence-electron chi connectivity index (χ0n) is 12.3. The minimum absolute atomic E-state index is 0.0908. The van der Waals surface area contributed by atoms with Gasteiger partial charge in [-0.2, -0.15) is 4.62 Å². The maximum Gasteiger partial charge on any atom is 0.491 e. The number of hydrogen-bond acceptors (Lipinski definition) is 5.